The number of carbonyl (C=O) groups is 1. The van der Waals surface area contributed by atoms with Gasteiger partial charge in [0, 0.05) is 27.3 Å². The second-order valence-electron chi connectivity index (χ2n) is 11.9. The lowest BCUT2D eigenvalue weighted by Gasteiger charge is -2.36. The van der Waals surface area contributed by atoms with Crippen LogP contribution in [0.3, 0.4) is 0 Å². The summed E-state index contributed by atoms with van der Waals surface area (Å²) in [6.45, 7) is 2.56. The van der Waals surface area contributed by atoms with Crippen molar-refractivity contribution >= 4 is 28.9 Å². The number of thiophene rings is 1. The number of esters is 1. The first-order valence-corrected chi connectivity index (χ1v) is 17.7. The van der Waals surface area contributed by atoms with Crippen LogP contribution in [0.2, 0.25) is 5.15 Å². The number of unbranched alkanes of at least 4 members (excludes halogenated alkanes) is 1. The zero-order valence-electron chi connectivity index (χ0n) is 27.7. The Labute approximate surface area is 300 Å². The topological polar surface area (TPSA) is 87.7 Å². The van der Waals surface area contributed by atoms with Gasteiger partial charge in [0.2, 0.25) is 0 Å². The molecule has 0 fully saturated rings. The summed E-state index contributed by atoms with van der Waals surface area (Å²) < 4.78 is 8.92. The lowest BCUT2D eigenvalue weighted by molar-refractivity contribution is 0.0589. The van der Waals surface area contributed by atoms with Crippen molar-refractivity contribution in [2.45, 2.75) is 38.3 Å². The first-order chi connectivity index (χ1) is 24.6. The van der Waals surface area contributed by atoms with Crippen LogP contribution in [0.5, 0.6) is 0 Å². The molecule has 0 saturated heterocycles. The molecule has 0 N–H and O–H groups in total. The summed E-state index contributed by atoms with van der Waals surface area (Å²) in [5.74, 6) is 0.895. The van der Waals surface area contributed by atoms with E-state index in [0.29, 0.717) is 18.8 Å². The largest absolute Gasteiger partial charge is 0.464 e. The maximum absolute atomic E-state index is 12.8. The van der Waals surface area contributed by atoms with Gasteiger partial charge in [-0.3, -0.25) is 0 Å². The number of tetrazole rings is 1. The molecule has 3 aromatic heterocycles. The van der Waals surface area contributed by atoms with Crippen LogP contribution in [0.25, 0.3) is 21.8 Å². The number of aryl methyl sites for hydroxylation is 1. The number of methoxy groups -OCH3 is 1. The van der Waals surface area contributed by atoms with Gasteiger partial charge in [0.05, 0.1) is 13.7 Å². The summed E-state index contributed by atoms with van der Waals surface area (Å²) in [6.07, 6.45) is 2.64. The van der Waals surface area contributed by atoms with Crippen molar-refractivity contribution < 1.29 is 9.53 Å². The Kier molecular flexibility index (Phi) is 9.69. The van der Waals surface area contributed by atoms with Gasteiger partial charge in [-0.2, -0.15) is 0 Å². The summed E-state index contributed by atoms with van der Waals surface area (Å²) >= 11 is 8.12. The minimum absolute atomic E-state index is 0.163. The van der Waals surface area contributed by atoms with Gasteiger partial charge in [0.25, 0.3) is 0 Å². The fourth-order valence-corrected chi connectivity index (χ4v) is 7.91. The Balaban J connectivity index is 1.36. The molecule has 0 aliphatic heterocycles. The highest BCUT2D eigenvalue weighted by molar-refractivity contribution is 7.15. The average Bonchev–Trinajstić information content (AvgIpc) is 3.92. The van der Waals surface area contributed by atoms with Gasteiger partial charge in [-0.25, -0.2) is 14.5 Å². The number of rotatable bonds is 12. The molecule has 250 valence electrons. The Morgan fingerprint density at radius 1 is 0.800 bits per heavy atom. The Hall–Kier alpha value is -5.38. The molecule has 0 atom stereocenters. The normalized spacial score (nSPS) is 11.5. The van der Waals surface area contributed by atoms with Gasteiger partial charge < -0.3 is 9.30 Å². The van der Waals surface area contributed by atoms with Crippen LogP contribution in [0.15, 0.2) is 127 Å². The zero-order chi connectivity index (χ0) is 34.5. The third kappa shape index (κ3) is 6.03. The minimum atomic E-state index is -0.879. The first-order valence-electron chi connectivity index (χ1n) is 16.5. The SMILES string of the molecule is CCCCc1nc(Cl)c(C(=O)OC)n1Cc1ccc(-c2ccccc2-c2nnnn2C(c2ccccc2)(c2ccccc2)c2ccccc2)s1. The zero-order valence-corrected chi connectivity index (χ0v) is 29.3. The van der Waals surface area contributed by atoms with Gasteiger partial charge in [0.1, 0.15) is 11.4 Å². The number of imidazole rings is 1. The number of aromatic nitrogens is 6. The highest BCUT2D eigenvalue weighted by atomic mass is 35.5. The highest BCUT2D eigenvalue weighted by Gasteiger charge is 2.42. The number of hydrogen-bond donors (Lipinski definition) is 0. The van der Waals surface area contributed by atoms with E-state index >= 15 is 0 Å². The van der Waals surface area contributed by atoms with Crippen LogP contribution in [0, 0.1) is 0 Å². The maximum Gasteiger partial charge on any atom is 0.357 e. The van der Waals surface area contributed by atoms with Crippen molar-refractivity contribution in [2.24, 2.45) is 0 Å². The molecule has 10 heteroatoms. The van der Waals surface area contributed by atoms with Crippen LogP contribution in [0.4, 0.5) is 0 Å². The van der Waals surface area contributed by atoms with E-state index in [1.54, 1.807) is 11.3 Å². The van der Waals surface area contributed by atoms with E-state index in [1.165, 1.54) is 7.11 Å². The van der Waals surface area contributed by atoms with Gasteiger partial charge in [-0.05, 0) is 45.7 Å². The molecule has 3 heterocycles. The summed E-state index contributed by atoms with van der Waals surface area (Å²) in [5, 5.41) is 13.9. The van der Waals surface area contributed by atoms with Crippen LogP contribution in [0.1, 0.15) is 57.6 Å². The number of ether oxygens (including phenoxy) is 1. The predicted octanol–water partition coefficient (Wildman–Crippen LogP) is 8.94. The monoisotopic (exact) mass is 698 g/mol. The summed E-state index contributed by atoms with van der Waals surface area (Å²) in [5.41, 5.74) is 4.36. The van der Waals surface area contributed by atoms with Crippen molar-refractivity contribution in [1.82, 2.24) is 29.8 Å². The van der Waals surface area contributed by atoms with Crippen LogP contribution in [-0.2, 0) is 23.2 Å². The van der Waals surface area contributed by atoms with Gasteiger partial charge >= 0.3 is 5.97 Å². The molecule has 0 spiro atoms. The molecular formula is C40H35ClN6O2S. The highest BCUT2D eigenvalue weighted by Crippen LogP contribution is 2.44. The lowest BCUT2D eigenvalue weighted by Crippen LogP contribution is -2.39. The number of nitrogens with zero attached hydrogens (tertiary/aromatic N) is 6. The molecule has 8 nitrogen and oxygen atoms in total. The van der Waals surface area contributed by atoms with E-state index in [4.69, 9.17) is 26.6 Å². The van der Waals surface area contributed by atoms with Crippen molar-refractivity contribution in [3.63, 3.8) is 0 Å². The van der Waals surface area contributed by atoms with E-state index in [9.17, 15) is 4.79 Å². The average molecular weight is 699 g/mol. The first kappa shape index (κ1) is 33.1. The Morgan fingerprint density at radius 2 is 1.38 bits per heavy atom. The maximum atomic E-state index is 12.8. The smallest absolute Gasteiger partial charge is 0.357 e. The quantitative estimate of drug-likeness (QED) is 0.0936. The molecule has 0 aliphatic rings. The van der Waals surface area contributed by atoms with E-state index in [0.717, 1.165) is 56.2 Å². The van der Waals surface area contributed by atoms with Crippen molar-refractivity contribution in [2.75, 3.05) is 7.11 Å². The van der Waals surface area contributed by atoms with Crippen molar-refractivity contribution in [3.8, 4) is 21.8 Å². The standard InChI is InChI=1S/C40H35ClN6O2S/c1-3-4-24-35-42-37(41)36(39(48)49-2)46(35)27-31-25-26-34(50-31)32-22-14-15-23-33(32)38-43-44-45-47(38)40(28-16-8-5-9-17-28,29-18-10-6-11-19-29)30-20-12-7-13-21-30/h5-23,25-26H,3-4,24,27H2,1-2H3. The molecule has 0 unspecified atom stereocenters. The van der Waals surface area contributed by atoms with E-state index in [1.807, 2.05) is 76.0 Å². The fraction of sp³-hybridized carbons (Fsp3) is 0.175. The number of hydrogen-bond acceptors (Lipinski definition) is 7. The molecule has 7 rings (SSSR count). The van der Waals surface area contributed by atoms with E-state index < -0.39 is 11.5 Å². The molecule has 7 aromatic rings. The van der Waals surface area contributed by atoms with Crippen molar-refractivity contribution in [3.05, 3.63) is 166 Å². The van der Waals surface area contributed by atoms with Crippen molar-refractivity contribution in [1.29, 1.82) is 0 Å². The van der Waals surface area contributed by atoms with Gasteiger partial charge in [-0.1, -0.05) is 140 Å². The lowest BCUT2D eigenvalue weighted by atomic mass is 9.77. The second kappa shape index (κ2) is 14.6. The third-order valence-electron chi connectivity index (χ3n) is 8.91. The summed E-state index contributed by atoms with van der Waals surface area (Å²) in [6, 6.07) is 43.5. The molecule has 0 bridgehead atoms. The van der Waals surface area contributed by atoms with Crippen LogP contribution in [-0.4, -0.2) is 42.8 Å². The summed E-state index contributed by atoms with van der Waals surface area (Å²) in [7, 11) is 1.36. The number of halogens is 1. The second-order valence-corrected chi connectivity index (χ2v) is 13.4. The molecule has 0 radical (unpaired) electrons. The third-order valence-corrected chi connectivity index (χ3v) is 10.3. The number of carbonyl (C=O) groups excluding carboxylic acids is 1. The fourth-order valence-electron chi connectivity index (χ4n) is 6.60. The summed E-state index contributed by atoms with van der Waals surface area (Å²) in [4.78, 5) is 19.4. The van der Waals surface area contributed by atoms with Crippen LogP contribution < -0.4 is 0 Å². The minimum Gasteiger partial charge on any atom is -0.464 e. The van der Waals surface area contributed by atoms with E-state index in [-0.39, 0.29) is 10.8 Å². The van der Waals surface area contributed by atoms with Crippen LogP contribution >= 0.6 is 22.9 Å². The van der Waals surface area contributed by atoms with E-state index in [2.05, 4.69) is 77.8 Å². The molecule has 0 aliphatic carbocycles. The Morgan fingerprint density at radius 3 is 1.96 bits per heavy atom. The molecule has 0 saturated carbocycles. The molecule has 0 amide bonds. The van der Waals surface area contributed by atoms with Gasteiger partial charge in [0.15, 0.2) is 16.7 Å². The number of benzene rings is 4. The Bertz CT molecular complexity index is 2120. The predicted molar refractivity (Wildman–Crippen MR) is 197 cm³/mol. The molecule has 4 aromatic carbocycles. The molecular weight excluding hydrogens is 664 g/mol. The van der Waals surface area contributed by atoms with Gasteiger partial charge in [-0.15, -0.1) is 16.4 Å². The molecule has 50 heavy (non-hydrogen) atoms.